The first-order chi connectivity index (χ1) is 4.91. The van der Waals surface area contributed by atoms with Crippen LogP contribution in [0.1, 0.15) is 26.2 Å². The third-order valence-electron chi connectivity index (χ3n) is 0.823. The van der Waals surface area contributed by atoms with Crippen molar-refractivity contribution in [3.8, 4) is 23.7 Å². The van der Waals surface area contributed by atoms with E-state index in [0.29, 0.717) is 0 Å². The Morgan fingerprint density at radius 1 is 1.10 bits per heavy atom. The second kappa shape index (κ2) is 8.60. The second-order valence-corrected chi connectivity index (χ2v) is 2.47. The van der Waals surface area contributed by atoms with Gasteiger partial charge in [0.25, 0.3) is 0 Å². The van der Waals surface area contributed by atoms with Gasteiger partial charge in [-0.05, 0) is 0 Å². The average Bonchev–Trinajstić information content (AvgIpc) is 1.97. The van der Waals surface area contributed by atoms with E-state index in [9.17, 15) is 0 Å². The molecular weight excluding hydrogens is 188 g/mol. The van der Waals surface area contributed by atoms with Crippen LogP contribution < -0.4 is 0 Å². The summed E-state index contributed by atoms with van der Waals surface area (Å²) in [5, 5.41) is 0.960. The summed E-state index contributed by atoms with van der Waals surface area (Å²) in [5.41, 5.74) is 0. The van der Waals surface area contributed by atoms with E-state index >= 15 is 0 Å². The van der Waals surface area contributed by atoms with Gasteiger partial charge in [-0.3, -0.25) is 0 Å². The van der Waals surface area contributed by atoms with E-state index in [1.165, 1.54) is 0 Å². The Morgan fingerprint density at radius 2 is 1.80 bits per heavy atom. The molecule has 0 aromatic carbocycles. The maximum atomic E-state index is 3.29. The Kier molecular flexibility index (Phi) is 8.26. The average molecular weight is 199 g/mol. The fourth-order valence-electron chi connectivity index (χ4n) is 0.430. The quantitative estimate of drug-likeness (QED) is 0.449. The van der Waals surface area contributed by atoms with Crippen LogP contribution in [0.2, 0.25) is 0 Å². The highest BCUT2D eigenvalue weighted by Gasteiger charge is 1.69. The fraction of sp³-hybridized carbons (Fsp3) is 0.556. The van der Waals surface area contributed by atoms with Crippen molar-refractivity contribution in [2.75, 3.05) is 5.33 Å². The van der Waals surface area contributed by atoms with Crippen LogP contribution in [0.25, 0.3) is 0 Å². The molecule has 0 aliphatic carbocycles. The molecule has 0 aliphatic rings. The number of alkyl halides is 1. The topological polar surface area (TPSA) is 0 Å². The summed E-state index contributed by atoms with van der Waals surface area (Å²) < 4.78 is 0. The van der Waals surface area contributed by atoms with E-state index in [1.54, 1.807) is 0 Å². The Morgan fingerprint density at radius 3 is 2.40 bits per heavy atom. The van der Waals surface area contributed by atoms with E-state index in [0.717, 1.165) is 24.6 Å². The minimum atomic E-state index is 0.723. The summed E-state index contributed by atoms with van der Waals surface area (Å²) in [4.78, 5) is 0. The van der Waals surface area contributed by atoms with Crippen LogP contribution in [-0.4, -0.2) is 5.33 Å². The first-order valence-electron chi connectivity index (χ1n) is 3.39. The predicted octanol–water partition coefficient (Wildman–Crippen LogP) is 2.58. The molecule has 0 aromatic heterocycles. The van der Waals surface area contributed by atoms with Crippen molar-refractivity contribution < 1.29 is 0 Å². The molecule has 0 heterocycles. The van der Waals surface area contributed by atoms with E-state index in [-0.39, 0.29) is 0 Å². The van der Waals surface area contributed by atoms with Gasteiger partial charge < -0.3 is 0 Å². The first kappa shape index (κ1) is 9.60. The molecule has 0 atom stereocenters. The summed E-state index contributed by atoms with van der Waals surface area (Å²) in [7, 11) is 0. The van der Waals surface area contributed by atoms with Crippen LogP contribution in [-0.2, 0) is 0 Å². The van der Waals surface area contributed by atoms with Crippen molar-refractivity contribution in [3.05, 3.63) is 0 Å². The van der Waals surface area contributed by atoms with Crippen molar-refractivity contribution in [2.24, 2.45) is 0 Å². The van der Waals surface area contributed by atoms with Gasteiger partial charge in [0.15, 0.2) is 0 Å². The Labute approximate surface area is 71.5 Å². The van der Waals surface area contributed by atoms with Gasteiger partial charge in [0.1, 0.15) is 0 Å². The number of hydrogen-bond acceptors (Lipinski definition) is 0. The zero-order valence-corrected chi connectivity index (χ0v) is 7.79. The zero-order valence-electron chi connectivity index (χ0n) is 6.21. The van der Waals surface area contributed by atoms with Gasteiger partial charge in [0, 0.05) is 18.2 Å². The fourth-order valence-corrected chi connectivity index (χ4v) is 0.628. The minimum absolute atomic E-state index is 0.723. The van der Waals surface area contributed by atoms with E-state index in [2.05, 4.69) is 39.6 Å². The van der Waals surface area contributed by atoms with E-state index < -0.39 is 0 Å². The van der Waals surface area contributed by atoms with E-state index in [4.69, 9.17) is 0 Å². The molecule has 54 valence electrons. The molecule has 0 radical (unpaired) electrons. The smallest absolute Gasteiger partial charge is 0.0702 e. The van der Waals surface area contributed by atoms with Gasteiger partial charge in [0.05, 0.1) is 6.42 Å². The highest BCUT2D eigenvalue weighted by atomic mass is 79.9. The van der Waals surface area contributed by atoms with Crippen molar-refractivity contribution >= 4 is 15.9 Å². The highest BCUT2D eigenvalue weighted by Crippen LogP contribution is 1.83. The van der Waals surface area contributed by atoms with Gasteiger partial charge >= 0.3 is 0 Å². The predicted molar refractivity (Wildman–Crippen MR) is 48.9 cm³/mol. The van der Waals surface area contributed by atoms with Crippen molar-refractivity contribution in [3.63, 3.8) is 0 Å². The molecule has 0 nitrogen and oxygen atoms in total. The van der Waals surface area contributed by atoms with Crippen LogP contribution >= 0.6 is 15.9 Å². The van der Waals surface area contributed by atoms with Crippen LogP contribution in [0.15, 0.2) is 0 Å². The minimum Gasteiger partial charge on any atom is -0.103 e. The molecule has 0 spiro atoms. The first-order valence-corrected chi connectivity index (χ1v) is 4.51. The summed E-state index contributed by atoms with van der Waals surface area (Å²) in [6.07, 6.45) is 2.58. The third kappa shape index (κ3) is 7.60. The monoisotopic (exact) mass is 198 g/mol. The molecule has 0 fully saturated rings. The number of hydrogen-bond donors (Lipinski definition) is 0. The molecule has 0 amide bonds. The summed E-state index contributed by atoms with van der Waals surface area (Å²) in [6, 6.07) is 0. The Bertz CT molecular complexity index is 172. The lowest BCUT2D eigenvalue weighted by Crippen LogP contribution is -1.66. The highest BCUT2D eigenvalue weighted by molar-refractivity contribution is 9.09. The van der Waals surface area contributed by atoms with Crippen LogP contribution in [0, 0.1) is 23.7 Å². The molecule has 0 saturated carbocycles. The lowest BCUT2D eigenvalue weighted by molar-refractivity contribution is 1.27. The van der Waals surface area contributed by atoms with Crippen molar-refractivity contribution in [2.45, 2.75) is 26.2 Å². The lowest BCUT2D eigenvalue weighted by atomic mass is 10.3. The molecule has 0 rings (SSSR count). The molecule has 0 bridgehead atoms. The number of rotatable bonds is 1. The van der Waals surface area contributed by atoms with Gasteiger partial charge in [-0.1, -0.05) is 34.7 Å². The molecular formula is C9H11Br. The SMILES string of the molecule is CCC#CCC#CCCBr. The third-order valence-corrected chi connectivity index (χ3v) is 1.22. The molecule has 1 heteroatoms. The largest absolute Gasteiger partial charge is 0.103 e. The maximum Gasteiger partial charge on any atom is 0.0702 e. The van der Waals surface area contributed by atoms with Crippen molar-refractivity contribution in [1.82, 2.24) is 0 Å². The van der Waals surface area contributed by atoms with E-state index in [1.807, 2.05) is 6.92 Å². The zero-order chi connectivity index (χ0) is 7.66. The normalized spacial score (nSPS) is 7.00. The van der Waals surface area contributed by atoms with Crippen LogP contribution in [0.3, 0.4) is 0 Å². The summed E-state index contributed by atoms with van der Waals surface area (Å²) in [5.74, 6) is 11.9. The van der Waals surface area contributed by atoms with Gasteiger partial charge in [-0.25, -0.2) is 0 Å². The molecule has 0 saturated heterocycles. The summed E-state index contributed by atoms with van der Waals surface area (Å²) >= 11 is 3.29. The molecule has 0 N–H and O–H groups in total. The molecule has 0 aromatic rings. The number of halogens is 1. The van der Waals surface area contributed by atoms with Crippen molar-refractivity contribution in [1.29, 1.82) is 0 Å². The Hall–Kier alpha value is -0.400. The lowest BCUT2D eigenvalue weighted by Gasteiger charge is -1.74. The molecule has 10 heavy (non-hydrogen) atoms. The summed E-state index contributed by atoms with van der Waals surface area (Å²) in [6.45, 7) is 2.04. The molecule has 0 unspecified atom stereocenters. The Balaban J connectivity index is 3.28. The van der Waals surface area contributed by atoms with Gasteiger partial charge in [0.2, 0.25) is 0 Å². The maximum absolute atomic E-state index is 3.29. The second-order valence-electron chi connectivity index (χ2n) is 1.68. The van der Waals surface area contributed by atoms with Gasteiger partial charge in [-0.2, -0.15) is 0 Å². The molecule has 0 aliphatic heterocycles. The standard InChI is InChI=1S/C9H11Br/c1-2-3-4-5-6-7-8-9-10/h2,5,8-9H2,1H3. The van der Waals surface area contributed by atoms with Crippen LogP contribution in [0.5, 0.6) is 0 Å². The van der Waals surface area contributed by atoms with Gasteiger partial charge in [-0.15, -0.1) is 11.8 Å². The van der Waals surface area contributed by atoms with Crippen LogP contribution in [0.4, 0.5) is 0 Å².